The number of thiophene rings is 1. The first-order valence-corrected chi connectivity index (χ1v) is 12.5. The summed E-state index contributed by atoms with van der Waals surface area (Å²) in [4.78, 5) is 35.1. The van der Waals surface area contributed by atoms with E-state index in [-0.39, 0.29) is 23.8 Å². The molecule has 1 aliphatic rings. The van der Waals surface area contributed by atoms with E-state index < -0.39 is 25.2 Å². The zero-order valence-electron chi connectivity index (χ0n) is 20.3. The molecular formula is C24H26F4N6O2S. The number of para-hydroxylation sites is 1. The molecule has 37 heavy (non-hydrogen) atoms. The molecular weight excluding hydrogens is 512 g/mol. The van der Waals surface area contributed by atoms with E-state index in [1.54, 1.807) is 30.0 Å². The van der Waals surface area contributed by atoms with Gasteiger partial charge in [0.2, 0.25) is 5.91 Å². The molecule has 0 radical (unpaired) electrons. The van der Waals surface area contributed by atoms with Gasteiger partial charge in [-0.25, -0.2) is 9.37 Å². The normalized spacial score (nSPS) is 14.3. The summed E-state index contributed by atoms with van der Waals surface area (Å²) in [7, 11) is 0. The number of hydrogen-bond donors (Lipinski definition) is 1. The highest BCUT2D eigenvalue weighted by molar-refractivity contribution is 7.20. The van der Waals surface area contributed by atoms with Crippen LogP contribution >= 0.6 is 11.3 Å². The predicted octanol–water partition coefficient (Wildman–Crippen LogP) is 3.40. The minimum absolute atomic E-state index is 0.0985. The number of hydrogen-bond acceptors (Lipinski definition) is 6. The summed E-state index contributed by atoms with van der Waals surface area (Å²) >= 11 is 1.13. The van der Waals surface area contributed by atoms with Gasteiger partial charge in [0.1, 0.15) is 29.2 Å². The van der Waals surface area contributed by atoms with Crippen LogP contribution in [-0.4, -0.2) is 76.6 Å². The van der Waals surface area contributed by atoms with E-state index in [0.29, 0.717) is 57.4 Å². The average Bonchev–Trinajstić information content (AvgIpc) is 3.20. The Bertz CT molecular complexity index is 1380. The molecule has 3 aromatic rings. The zero-order valence-corrected chi connectivity index (χ0v) is 21.1. The molecule has 13 heteroatoms. The Morgan fingerprint density at radius 2 is 1.84 bits per heavy atom. The van der Waals surface area contributed by atoms with Crippen molar-refractivity contribution < 1.29 is 27.2 Å². The summed E-state index contributed by atoms with van der Waals surface area (Å²) in [6.45, 7) is 2.89. The summed E-state index contributed by atoms with van der Waals surface area (Å²) in [5.74, 6) is -1.32. The molecule has 0 spiro atoms. The molecule has 0 aliphatic carbocycles. The molecule has 0 atom stereocenters. The topological polar surface area (TPSA) is 85.5 Å². The monoisotopic (exact) mass is 538 g/mol. The fraction of sp³-hybridized carbons (Fsp3) is 0.417. The van der Waals surface area contributed by atoms with Gasteiger partial charge in [0.15, 0.2) is 0 Å². The van der Waals surface area contributed by atoms with Crippen LogP contribution in [-0.2, 0) is 11.3 Å². The lowest BCUT2D eigenvalue weighted by Gasteiger charge is -2.36. The van der Waals surface area contributed by atoms with Gasteiger partial charge in [-0.2, -0.15) is 13.2 Å². The van der Waals surface area contributed by atoms with Crippen LogP contribution in [0.5, 0.6) is 0 Å². The van der Waals surface area contributed by atoms with E-state index in [1.807, 2.05) is 4.90 Å². The van der Waals surface area contributed by atoms with E-state index in [0.717, 1.165) is 11.3 Å². The number of carbonyl (C=O) groups is 2. The summed E-state index contributed by atoms with van der Waals surface area (Å²) in [6, 6.07) is 6.49. The molecule has 8 nitrogen and oxygen atoms in total. The number of alkyl halides is 3. The Morgan fingerprint density at radius 1 is 1.16 bits per heavy atom. The van der Waals surface area contributed by atoms with Gasteiger partial charge in [-0.1, -0.05) is 12.1 Å². The van der Waals surface area contributed by atoms with Crippen molar-refractivity contribution in [3.63, 3.8) is 0 Å². The second-order valence-electron chi connectivity index (χ2n) is 8.71. The fourth-order valence-electron chi connectivity index (χ4n) is 4.36. The lowest BCUT2D eigenvalue weighted by molar-refractivity contribution is -0.161. The third-order valence-corrected chi connectivity index (χ3v) is 7.52. The average molecular weight is 539 g/mol. The highest BCUT2D eigenvalue weighted by Crippen LogP contribution is 2.29. The Hall–Kier alpha value is -3.48. The highest BCUT2D eigenvalue weighted by atomic mass is 32.1. The summed E-state index contributed by atoms with van der Waals surface area (Å²) < 4.78 is 53.7. The van der Waals surface area contributed by atoms with Gasteiger partial charge >= 0.3 is 6.18 Å². The number of carbonyl (C=O) groups excluding carboxylic acids is 2. The molecule has 2 amide bonds. The van der Waals surface area contributed by atoms with Crippen molar-refractivity contribution in [2.75, 3.05) is 44.2 Å². The van der Waals surface area contributed by atoms with Crippen LogP contribution in [0, 0.1) is 18.2 Å². The molecule has 1 aliphatic heterocycles. The maximum atomic E-state index is 14.1. The summed E-state index contributed by atoms with van der Waals surface area (Å²) in [6.07, 6.45) is -3.29. The van der Waals surface area contributed by atoms with Crippen LogP contribution < -0.4 is 10.4 Å². The Kier molecular flexibility index (Phi) is 7.53. The number of aromatic nitrogens is 2. The quantitative estimate of drug-likeness (QED) is 0.488. The number of halogens is 4. The van der Waals surface area contributed by atoms with E-state index >= 15 is 0 Å². The number of fused-ring (bicyclic) bond motifs is 1. The number of piperazine rings is 1. The van der Waals surface area contributed by atoms with Gasteiger partial charge in [0, 0.05) is 32.7 Å². The van der Waals surface area contributed by atoms with Crippen molar-refractivity contribution in [3.8, 4) is 0 Å². The van der Waals surface area contributed by atoms with Crippen LogP contribution in [0.3, 0.4) is 0 Å². The van der Waals surface area contributed by atoms with E-state index in [2.05, 4.69) is 4.98 Å². The Morgan fingerprint density at radius 3 is 2.46 bits per heavy atom. The third-order valence-electron chi connectivity index (χ3n) is 6.33. The molecule has 1 fully saturated rings. The van der Waals surface area contributed by atoms with Gasteiger partial charge in [-0.05, 0) is 31.5 Å². The minimum atomic E-state index is -4.53. The highest BCUT2D eigenvalue weighted by Gasteiger charge is 2.32. The van der Waals surface area contributed by atoms with E-state index in [1.165, 1.54) is 23.9 Å². The third kappa shape index (κ3) is 5.60. The zero-order chi connectivity index (χ0) is 26.9. The number of anilines is 1. The molecule has 1 saturated heterocycles. The number of amides is 2. The minimum Gasteiger partial charge on any atom is -0.366 e. The molecule has 0 bridgehead atoms. The molecule has 1 N–H and O–H groups in total. The summed E-state index contributed by atoms with van der Waals surface area (Å²) in [5, 5.41) is 8.94. The van der Waals surface area contributed by atoms with Crippen molar-refractivity contribution in [3.05, 3.63) is 52.3 Å². The number of nitrogens with one attached hydrogen (secondary N) is 1. The SMILES string of the molecule is CCN(CC(F)(F)F)C(=O)Cn1cnc2sc(C(=O)N3CCN(c4ccccc4F)CC3)c(C)c2c1=N. The molecule has 0 unspecified atom stereocenters. The van der Waals surface area contributed by atoms with Crippen LogP contribution in [0.2, 0.25) is 0 Å². The second kappa shape index (κ2) is 10.5. The fourth-order valence-corrected chi connectivity index (χ4v) is 5.47. The largest absolute Gasteiger partial charge is 0.406 e. The number of likely N-dealkylation sites (N-methyl/N-ethyl adjacent to an activating group) is 1. The smallest absolute Gasteiger partial charge is 0.366 e. The van der Waals surface area contributed by atoms with Crippen LogP contribution in [0.15, 0.2) is 30.6 Å². The van der Waals surface area contributed by atoms with Crippen LogP contribution in [0.25, 0.3) is 10.2 Å². The first-order chi connectivity index (χ1) is 17.5. The van der Waals surface area contributed by atoms with E-state index in [9.17, 15) is 27.2 Å². The Labute approximate surface area is 214 Å². The molecule has 198 valence electrons. The maximum Gasteiger partial charge on any atom is 0.406 e. The van der Waals surface area contributed by atoms with Crippen molar-refractivity contribution in [2.24, 2.45) is 0 Å². The standard InChI is InChI=1S/C24H26F4N6O2S/c1-3-31(13-24(26,27)28)18(35)12-34-14-30-22-19(21(34)29)15(2)20(37-22)23(36)33-10-8-32(9-11-33)17-7-5-4-6-16(17)25/h4-7,14,29H,3,8-13H2,1-2H3. The summed E-state index contributed by atoms with van der Waals surface area (Å²) in [5.41, 5.74) is 0.925. The van der Waals surface area contributed by atoms with Crippen LogP contribution in [0.1, 0.15) is 22.2 Å². The lowest BCUT2D eigenvalue weighted by atomic mass is 10.2. The second-order valence-corrected chi connectivity index (χ2v) is 9.71. The molecule has 1 aromatic carbocycles. The Balaban J connectivity index is 1.52. The van der Waals surface area contributed by atoms with Crippen molar-refractivity contribution in [1.82, 2.24) is 19.4 Å². The van der Waals surface area contributed by atoms with Crippen molar-refractivity contribution in [2.45, 2.75) is 26.6 Å². The van der Waals surface area contributed by atoms with Gasteiger partial charge < -0.3 is 19.3 Å². The van der Waals surface area contributed by atoms with Gasteiger partial charge in [-0.15, -0.1) is 11.3 Å². The molecule has 0 saturated carbocycles. The lowest BCUT2D eigenvalue weighted by Crippen LogP contribution is -2.49. The first kappa shape index (κ1) is 26.6. The van der Waals surface area contributed by atoms with Crippen LogP contribution in [0.4, 0.5) is 23.2 Å². The van der Waals surface area contributed by atoms with Crippen molar-refractivity contribution in [1.29, 1.82) is 5.41 Å². The van der Waals surface area contributed by atoms with Gasteiger partial charge in [0.25, 0.3) is 5.91 Å². The van der Waals surface area contributed by atoms with Crippen molar-refractivity contribution >= 4 is 39.1 Å². The number of aryl methyl sites for hydroxylation is 1. The van der Waals surface area contributed by atoms with Gasteiger partial charge in [0.05, 0.1) is 22.3 Å². The predicted molar refractivity (Wildman–Crippen MR) is 131 cm³/mol. The molecule has 2 aromatic heterocycles. The van der Waals surface area contributed by atoms with Gasteiger partial charge in [-0.3, -0.25) is 15.0 Å². The number of nitrogens with zero attached hydrogens (tertiary/aromatic N) is 5. The molecule has 4 rings (SSSR count). The number of benzene rings is 1. The van der Waals surface area contributed by atoms with E-state index in [4.69, 9.17) is 5.41 Å². The first-order valence-electron chi connectivity index (χ1n) is 11.7. The molecule has 3 heterocycles. The maximum absolute atomic E-state index is 14.1. The number of rotatable bonds is 6.